The Balaban J connectivity index is 0.00000228. The highest BCUT2D eigenvalue weighted by molar-refractivity contribution is 8.93. The third-order valence-corrected chi connectivity index (χ3v) is 6.21. The lowest BCUT2D eigenvalue weighted by molar-refractivity contribution is -0.693. The number of pyridine rings is 2. The van der Waals surface area contributed by atoms with E-state index in [2.05, 4.69) is 9.98 Å². The maximum atomic E-state index is 12.7. The van der Waals surface area contributed by atoms with Gasteiger partial charge in [0.05, 0.1) is 11.4 Å². The Bertz CT molecular complexity index is 1330. The normalized spacial score (nSPS) is 11.7. The molecule has 0 aliphatic rings. The Morgan fingerprint density at radius 1 is 0.611 bits per heavy atom. The third-order valence-electron chi connectivity index (χ3n) is 6.21. The van der Waals surface area contributed by atoms with E-state index >= 15 is 0 Å². The van der Waals surface area contributed by atoms with Gasteiger partial charge in [-0.2, -0.15) is 9.13 Å². The molecular weight excluding hydrogens is 584 g/mol. The zero-order valence-electron chi connectivity index (χ0n) is 20.8. The van der Waals surface area contributed by atoms with E-state index in [0.717, 1.165) is 33.3 Å². The minimum absolute atomic E-state index is 0. The van der Waals surface area contributed by atoms with Crippen LogP contribution in [0.25, 0.3) is 10.8 Å². The fourth-order valence-corrected chi connectivity index (χ4v) is 3.95. The van der Waals surface area contributed by atoms with Crippen molar-refractivity contribution in [1.29, 1.82) is 0 Å². The Labute approximate surface area is 232 Å². The van der Waals surface area contributed by atoms with Gasteiger partial charge in [-0.25, -0.2) is 0 Å². The van der Waals surface area contributed by atoms with Gasteiger partial charge in [0, 0.05) is 59.7 Å². The van der Waals surface area contributed by atoms with Crippen molar-refractivity contribution in [3.8, 4) is 0 Å². The van der Waals surface area contributed by atoms with Gasteiger partial charge in [0.15, 0.2) is 36.9 Å². The van der Waals surface area contributed by atoms with Crippen LogP contribution in [0.3, 0.4) is 0 Å². The van der Waals surface area contributed by atoms with Crippen molar-refractivity contribution in [2.45, 2.75) is 40.8 Å². The van der Waals surface area contributed by atoms with Gasteiger partial charge >= 0.3 is 0 Å². The van der Waals surface area contributed by atoms with Crippen LogP contribution in [0.1, 0.15) is 22.5 Å². The molecule has 188 valence electrons. The largest absolute Gasteiger partial charge is 0.857 e. The summed E-state index contributed by atoms with van der Waals surface area (Å²) < 4.78 is 3.80. The molecule has 36 heavy (non-hydrogen) atoms. The van der Waals surface area contributed by atoms with E-state index in [9.17, 15) is 10.2 Å². The maximum Gasteiger partial charge on any atom is 0.181 e. The first-order valence-electron chi connectivity index (χ1n) is 11.3. The molecule has 0 bridgehead atoms. The Hall–Kier alpha value is -3.10. The van der Waals surface area contributed by atoms with E-state index in [-0.39, 0.29) is 58.8 Å². The van der Waals surface area contributed by atoms with Crippen LogP contribution >= 0.6 is 34.0 Å². The quantitative estimate of drug-likeness (QED) is 0.187. The Kier molecular flexibility index (Phi) is 10.3. The SMILES string of the molecule is Br.Br.Cc1ccc[n+](CC([O-])=Nc2cccc3c(N=C([O-])C[n+]4cccc(C)c4C)cccc23)c1C. The molecule has 0 aliphatic carbocycles. The first kappa shape index (κ1) is 29.1. The van der Waals surface area contributed by atoms with Gasteiger partial charge in [-0.3, -0.25) is 9.98 Å². The number of aromatic nitrogens is 2. The first-order valence-corrected chi connectivity index (χ1v) is 11.3. The van der Waals surface area contributed by atoms with Crippen LogP contribution in [-0.4, -0.2) is 11.8 Å². The maximum absolute atomic E-state index is 12.7. The van der Waals surface area contributed by atoms with Crippen LogP contribution in [0, 0.1) is 27.7 Å². The number of halogens is 2. The fourth-order valence-electron chi connectivity index (χ4n) is 3.95. The van der Waals surface area contributed by atoms with E-state index in [1.165, 1.54) is 0 Å². The van der Waals surface area contributed by atoms with Crippen molar-refractivity contribution in [3.63, 3.8) is 0 Å². The summed E-state index contributed by atoms with van der Waals surface area (Å²) in [6.45, 7) is 8.34. The number of nitrogens with zero attached hydrogens (tertiary/aromatic N) is 4. The van der Waals surface area contributed by atoms with Crippen LogP contribution in [-0.2, 0) is 13.1 Å². The number of hydrogen-bond donors (Lipinski definition) is 0. The average Bonchev–Trinajstić information content (AvgIpc) is 2.80. The predicted molar refractivity (Wildman–Crippen MR) is 151 cm³/mol. The molecule has 0 unspecified atom stereocenters. The van der Waals surface area contributed by atoms with E-state index in [4.69, 9.17) is 0 Å². The summed E-state index contributed by atoms with van der Waals surface area (Å²) in [7, 11) is 0. The highest BCUT2D eigenvalue weighted by Gasteiger charge is 2.10. The number of hydrogen-bond acceptors (Lipinski definition) is 4. The molecule has 0 radical (unpaired) electrons. The van der Waals surface area contributed by atoms with Gasteiger partial charge in [-0.1, -0.05) is 24.3 Å². The van der Waals surface area contributed by atoms with Gasteiger partial charge < -0.3 is 10.2 Å². The average molecular weight is 614 g/mol. The summed E-state index contributed by atoms with van der Waals surface area (Å²) >= 11 is 0. The second-order valence-electron chi connectivity index (χ2n) is 8.47. The number of aliphatic imine (C=N–C) groups is 2. The molecule has 0 atom stereocenters. The Morgan fingerprint density at radius 2 is 1.00 bits per heavy atom. The summed E-state index contributed by atoms with van der Waals surface area (Å²) in [5, 5.41) is 27.1. The van der Waals surface area contributed by atoms with Gasteiger partial charge in [0.2, 0.25) is 0 Å². The molecule has 0 saturated heterocycles. The summed E-state index contributed by atoms with van der Waals surface area (Å²) in [6.07, 6.45) is 3.77. The summed E-state index contributed by atoms with van der Waals surface area (Å²) in [5.74, 6) is -0.480. The van der Waals surface area contributed by atoms with Crippen LogP contribution in [0.4, 0.5) is 11.4 Å². The van der Waals surface area contributed by atoms with E-state index in [1.54, 1.807) is 0 Å². The van der Waals surface area contributed by atoms with Crippen molar-refractivity contribution in [2.75, 3.05) is 0 Å². The highest BCUT2D eigenvalue weighted by Crippen LogP contribution is 2.32. The van der Waals surface area contributed by atoms with Crippen LogP contribution < -0.4 is 19.3 Å². The minimum Gasteiger partial charge on any atom is -0.857 e. The summed E-state index contributed by atoms with van der Waals surface area (Å²) in [6, 6.07) is 19.0. The molecule has 0 amide bonds. The number of rotatable bonds is 6. The summed E-state index contributed by atoms with van der Waals surface area (Å²) in [5.41, 5.74) is 5.45. The smallest absolute Gasteiger partial charge is 0.181 e. The standard InChI is InChI=1S/C28H28N4O2.2BrH/c1-19-9-7-15-31(21(19)3)17-27(33)29-25-13-5-12-24-23(25)11-6-14-26(24)30-28(34)18-32-16-8-10-20(2)22(32)4;;/h5-16H,17-18H2,1-4H3;2*1H. The predicted octanol–water partition coefficient (Wildman–Crippen LogP) is 3.99. The lowest BCUT2D eigenvalue weighted by Gasteiger charge is -2.12. The molecule has 0 N–H and O–H groups in total. The molecule has 8 heteroatoms. The van der Waals surface area contributed by atoms with Crippen molar-refractivity contribution in [1.82, 2.24) is 0 Å². The second-order valence-corrected chi connectivity index (χ2v) is 8.47. The molecule has 0 spiro atoms. The van der Waals surface area contributed by atoms with Crippen molar-refractivity contribution < 1.29 is 19.3 Å². The van der Waals surface area contributed by atoms with Gasteiger partial charge in [0.25, 0.3) is 0 Å². The van der Waals surface area contributed by atoms with Crippen molar-refractivity contribution in [3.05, 3.63) is 95.6 Å². The van der Waals surface area contributed by atoms with Crippen molar-refractivity contribution in [2.24, 2.45) is 9.98 Å². The first-order chi connectivity index (χ1) is 16.3. The zero-order valence-corrected chi connectivity index (χ0v) is 24.2. The molecule has 4 rings (SSSR count). The molecule has 0 fully saturated rings. The fraction of sp³-hybridized carbons (Fsp3) is 0.214. The zero-order chi connectivity index (χ0) is 24.2. The molecular formula is C28H30Br2N4O2. The van der Waals surface area contributed by atoms with Gasteiger partial charge in [0.1, 0.15) is 0 Å². The van der Waals surface area contributed by atoms with E-state index < -0.39 is 0 Å². The molecule has 0 aliphatic heterocycles. The monoisotopic (exact) mass is 612 g/mol. The van der Waals surface area contributed by atoms with Gasteiger partial charge in [-0.15, -0.1) is 34.0 Å². The van der Waals surface area contributed by atoms with Gasteiger partial charge in [-0.05, 0) is 38.1 Å². The number of benzene rings is 2. The third kappa shape index (κ3) is 6.56. The van der Waals surface area contributed by atoms with Crippen molar-refractivity contribution >= 4 is 67.9 Å². The van der Waals surface area contributed by atoms with E-state index in [1.807, 2.05) is 110 Å². The van der Waals surface area contributed by atoms with Crippen LogP contribution in [0.5, 0.6) is 0 Å². The number of fused-ring (bicyclic) bond motifs is 1. The van der Waals surface area contributed by atoms with E-state index in [0.29, 0.717) is 11.4 Å². The lowest BCUT2D eigenvalue weighted by Crippen LogP contribution is -2.44. The molecule has 2 heterocycles. The number of aryl methyl sites for hydroxylation is 2. The topological polar surface area (TPSA) is 78.6 Å². The molecule has 6 nitrogen and oxygen atoms in total. The lowest BCUT2D eigenvalue weighted by atomic mass is 10.1. The van der Waals surface area contributed by atoms with Crippen LogP contribution in [0.15, 0.2) is 83.0 Å². The summed E-state index contributed by atoms with van der Waals surface area (Å²) in [4.78, 5) is 8.74. The van der Waals surface area contributed by atoms with Crippen LogP contribution in [0.2, 0.25) is 0 Å². The molecule has 4 aromatic rings. The Morgan fingerprint density at radius 3 is 1.39 bits per heavy atom. The minimum atomic E-state index is -0.240. The second kappa shape index (κ2) is 12.7. The molecule has 2 aromatic carbocycles. The molecule has 0 saturated carbocycles. The highest BCUT2D eigenvalue weighted by atomic mass is 79.9. The molecule has 2 aromatic heterocycles.